The van der Waals surface area contributed by atoms with Crippen LogP contribution in [0, 0.1) is 0 Å². The van der Waals surface area contributed by atoms with Gasteiger partial charge in [0.05, 0.1) is 11.3 Å². The molecule has 102 valence electrons. The van der Waals surface area contributed by atoms with E-state index in [4.69, 9.17) is 0 Å². The predicted molar refractivity (Wildman–Crippen MR) is 77.5 cm³/mol. The quantitative estimate of drug-likeness (QED) is 0.793. The standard InChI is InChI=1S/C15H11N5O/c21-14(11-4-3-6-16-8-11)20-15-18-9-12(10-19-15)13-5-1-2-7-17-13/h1-10H,(H,18,19,20,21). The molecule has 6 nitrogen and oxygen atoms in total. The lowest BCUT2D eigenvalue weighted by Crippen LogP contribution is -2.14. The van der Waals surface area contributed by atoms with Crippen molar-refractivity contribution in [2.45, 2.75) is 0 Å². The average Bonchev–Trinajstić information content (AvgIpc) is 2.57. The number of pyridine rings is 2. The van der Waals surface area contributed by atoms with Crippen molar-refractivity contribution in [2.75, 3.05) is 5.32 Å². The van der Waals surface area contributed by atoms with E-state index in [2.05, 4.69) is 25.3 Å². The predicted octanol–water partition coefficient (Wildman–Crippen LogP) is 2.19. The highest BCUT2D eigenvalue weighted by molar-refractivity contribution is 6.03. The van der Waals surface area contributed by atoms with Gasteiger partial charge in [0.1, 0.15) is 0 Å². The highest BCUT2D eigenvalue weighted by Crippen LogP contribution is 2.14. The molecule has 0 aliphatic heterocycles. The molecule has 3 aromatic rings. The number of hydrogen-bond donors (Lipinski definition) is 1. The zero-order valence-electron chi connectivity index (χ0n) is 11.0. The maximum Gasteiger partial charge on any atom is 0.259 e. The summed E-state index contributed by atoms with van der Waals surface area (Å²) in [7, 11) is 0. The molecule has 0 radical (unpaired) electrons. The van der Waals surface area contributed by atoms with Gasteiger partial charge in [-0.05, 0) is 24.3 Å². The van der Waals surface area contributed by atoms with Crippen molar-refractivity contribution in [2.24, 2.45) is 0 Å². The number of rotatable bonds is 3. The minimum Gasteiger partial charge on any atom is -0.290 e. The molecule has 1 amide bonds. The zero-order chi connectivity index (χ0) is 14.5. The van der Waals surface area contributed by atoms with E-state index in [0.717, 1.165) is 11.3 Å². The van der Waals surface area contributed by atoms with E-state index in [-0.39, 0.29) is 11.9 Å². The van der Waals surface area contributed by atoms with Crippen LogP contribution < -0.4 is 5.32 Å². The molecule has 0 bridgehead atoms. The number of hydrogen-bond acceptors (Lipinski definition) is 5. The summed E-state index contributed by atoms with van der Waals surface area (Å²) >= 11 is 0. The van der Waals surface area contributed by atoms with Gasteiger partial charge in [-0.2, -0.15) is 0 Å². The fourth-order valence-electron chi connectivity index (χ4n) is 1.73. The molecule has 3 heterocycles. The summed E-state index contributed by atoms with van der Waals surface area (Å²) in [5.41, 5.74) is 2.02. The number of aromatic nitrogens is 4. The Labute approximate surface area is 121 Å². The zero-order valence-corrected chi connectivity index (χ0v) is 11.0. The average molecular weight is 277 g/mol. The van der Waals surface area contributed by atoms with Gasteiger partial charge in [-0.25, -0.2) is 9.97 Å². The van der Waals surface area contributed by atoms with Gasteiger partial charge in [-0.1, -0.05) is 6.07 Å². The molecule has 0 aliphatic rings. The Morgan fingerprint density at radius 2 is 1.76 bits per heavy atom. The minimum absolute atomic E-state index is 0.239. The van der Waals surface area contributed by atoms with E-state index < -0.39 is 0 Å². The summed E-state index contributed by atoms with van der Waals surface area (Å²) in [6.45, 7) is 0. The SMILES string of the molecule is O=C(Nc1ncc(-c2ccccn2)cn1)c1cccnc1. The third-order valence-corrected chi connectivity index (χ3v) is 2.76. The molecule has 0 saturated heterocycles. The van der Waals surface area contributed by atoms with Crippen LogP contribution in [0.15, 0.2) is 61.3 Å². The first kappa shape index (κ1) is 12.9. The number of nitrogens with one attached hydrogen (secondary N) is 1. The van der Waals surface area contributed by atoms with Gasteiger partial charge in [-0.3, -0.25) is 20.1 Å². The van der Waals surface area contributed by atoms with E-state index in [1.54, 1.807) is 36.9 Å². The lowest BCUT2D eigenvalue weighted by atomic mass is 10.2. The van der Waals surface area contributed by atoms with Crippen LogP contribution in [-0.4, -0.2) is 25.8 Å². The number of amides is 1. The Bertz CT molecular complexity index is 729. The molecule has 3 rings (SSSR count). The molecular formula is C15H11N5O. The van der Waals surface area contributed by atoms with Crippen molar-refractivity contribution in [1.82, 2.24) is 19.9 Å². The molecule has 1 N–H and O–H groups in total. The van der Waals surface area contributed by atoms with Crippen LogP contribution in [0.4, 0.5) is 5.95 Å². The maximum absolute atomic E-state index is 11.9. The highest BCUT2D eigenvalue weighted by atomic mass is 16.1. The Morgan fingerprint density at radius 3 is 2.43 bits per heavy atom. The van der Waals surface area contributed by atoms with Gasteiger partial charge in [0, 0.05) is 36.5 Å². The molecule has 21 heavy (non-hydrogen) atoms. The molecule has 0 saturated carbocycles. The number of carbonyl (C=O) groups excluding carboxylic acids is 1. The Kier molecular flexibility index (Phi) is 3.60. The van der Waals surface area contributed by atoms with Crippen LogP contribution in [-0.2, 0) is 0 Å². The van der Waals surface area contributed by atoms with Crippen LogP contribution in [0.1, 0.15) is 10.4 Å². The number of nitrogens with zero attached hydrogens (tertiary/aromatic N) is 4. The molecule has 3 aromatic heterocycles. The Balaban J connectivity index is 1.75. The molecule has 0 atom stereocenters. The van der Waals surface area contributed by atoms with Gasteiger partial charge in [0.2, 0.25) is 5.95 Å². The van der Waals surface area contributed by atoms with E-state index in [1.165, 1.54) is 6.20 Å². The molecule has 0 fully saturated rings. The molecule has 6 heteroatoms. The Morgan fingerprint density at radius 1 is 0.905 bits per heavy atom. The normalized spacial score (nSPS) is 10.1. The third kappa shape index (κ3) is 3.06. The van der Waals surface area contributed by atoms with Gasteiger partial charge in [-0.15, -0.1) is 0 Å². The summed E-state index contributed by atoms with van der Waals surface area (Å²) in [4.78, 5) is 28.3. The van der Waals surface area contributed by atoms with Crippen molar-refractivity contribution in [3.63, 3.8) is 0 Å². The van der Waals surface area contributed by atoms with Crippen LogP contribution in [0.3, 0.4) is 0 Å². The van der Waals surface area contributed by atoms with Crippen molar-refractivity contribution < 1.29 is 4.79 Å². The monoisotopic (exact) mass is 277 g/mol. The van der Waals surface area contributed by atoms with E-state index >= 15 is 0 Å². The summed E-state index contributed by atoms with van der Waals surface area (Å²) < 4.78 is 0. The highest BCUT2D eigenvalue weighted by Gasteiger charge is 2.08. The second kappa shape index (κ2) is 5.87. The smallest absolute Gasteiger partial charge is 0.259 e. The van der Waals surface area contributed by atoms with E-state index in [0.29, 0.717) is 5.56 Å². The maximum atomic E-state index is 11.9. The van der Waals surface area contributed by atoms with Crippen LogP contribution >= 0.6 is 0 Å². The first-order valence-electron chi connectivity index (χ1n) is 6.28. The van der Waals surface area contributed by atoms with E-state index in [1.807, 2.05) is 18.2 Å². The van der Waals surface area contributed by atoms with Crippen LogP contribution in [0.25, 0.3) is 11.3 Å². The van der Waals surface area contributed by atoms with Crippen molar-refractivity contribution in [3.8, 4) is 11.3 Å². The second-order valence-corrected chi connectivity index (χ2v) is 4.21. The second-order valence-electron chi connectivity index (χ2n) is 4.21. The Hall–Kier alpha value is -3.15. The summed E-state index contributed by atoms with van der Waals surface area (Å²) in [5, 5.41) is 2.62. The summed E-state index contributed by atoms with van der Waals surface area (Å²) in [6.07, 6.45) is 8.03. The van der Waals surface area contributed by atoms with Gasteiger partial charge in [0.25, 0.3) is 5.91 Å². The molecule has 0 unspecified atom stereocenters. The molecular weight excluding hydrogens is 266 g/mol. The molecule has 0 aliphatic carbocycles. The van der Waals surface area contributed by atoms with Gasteiger partial charge < -0.3 is 0 Å². The number of carbonyl (C=O) groups is 1. The van der Waals surface area contributed by atoms with Crippen LogP contribution in [0.5, 0.6) is 0 Å². The fourth-order valence-corrected chi connectivity index (χ4v) is 1.73. The lowest BCUT2D eigenvalue weighted by molar-refractivity contribution is 0.102. The summed E-state index contributed by atoms with van der Waals surface area (Å²) in [5.74, 6) is -0.0581. The van der Waals surface area contributed by atoms with Crippen molar-refractivity contribution in [3.05, 3.63) is 66.9 Å². The molecule has 0 aromatic carbocycles. The molecule has 0 spiro atoms. The first-order chi connectivity index (χ1) is 10.3. The van der Waals surface area contributed by atoms with Crippen LogP contribution in [0.2, 0.25) is 0 Å². The lowest BCUT2D eigenvalue weighted by Gasteiger charge is -2.04. The van der Waals surface area contributed by atoms with Gasteiger partial charge >= 0.3 is 0 Å². The van der Waals surface area contributed by atoms with Crippen molar-refractivity contribution >= 4 is 11.9 Å². The largest absolute Gasteiger partial charge is 0.290 e. The topological polar surface area (TPSA) is 80.7 Å². The fraction of sp³-hybridized carbons (Fsp3) is 0. The van der Waals surface area contributed by atoms with E-state index in [9.17, 15) is 4.79 Å². The summed E-state index contributed by atoms with van der Waals surface area (Å²) in [6, 6.07) is 8.96. The van der Waals surface area contributed by atoms with Gasteiger partial charge in [0.15, 0.2) is 0 Å². The van der Waals surface area contributed by atoms with Crippen molar-refractivity contribution in [1.29, 1.82) is 0 Å². The first-order valence-corrected chi connectivity index (χ1v) is 6.28. The third-order valence-electron chi connectivity index (χ3n) is 2.76. The number of anilines is 1. The minimum atomic E-state index is -0.298.